The largest absolute Gasteiger partial charge is 0.486 e. The van der Waals surface area contributed by atoms with Gasteiger partial charge in [0.15, 0.2) is 11.5 Å². The lowest BCUT2D eigenvalue weighted by Crippen LogP contribution is -2.38. The molecule has 4 rings (SSSR count). The highest BCUT2D eigenvalue weighted by Gasteiger charge is 2.27. The van der Waals surface area contributed by atoms with Gasteiger partial charge in [-0.15, -0.1) is 0 Å². The molecule has 1 aliphatic rings. The molecule has 0 atom stereocenters. The van der Waals surface area contributed by atoms with Crippen LogP contribution in [0.15, 0.2) is 77.7 Å². The number of fused-ring (bicyclic) bond motifs is 1. The predicted molar refractivity (Wildman–Crippen MR) is 118 cm³/mol. The Balaban J connectivity index is 1.61. The molecule has 9 heteroatoms. The van der Waals surface area contributed by atoms with Crippen LogP contribution >= 0.6 is 0 Å². The van der Waals surface area contributed by atoms with Gasteiger partial charge in [-0.2, -0.15) is 5.26 Å². The molecule has 8 nitrogen and oxygen atoms in total. The molecule has 1 N–H and O–H groups in total. The summed E-state index contributed by atoms with van der Waals surface area (Å²) < 4.78 is 38.8. The molecule has 0 saturated carbocycles. The third-order valence-corrected chi connectivity index (χ3v) is 6.48. The summed E-state index contributed by atoms with van der Waals surface area (Å²) in [5.74, 6) is 0.556. The van der Waals surface area contributed by atoms with Crippen molar-refractivity contribution < 1.29 is 22.7 Å². The highest BCUT2D eigenvalue weighted by Crippen LogP contribution is 2.32. The molecule has 162 valence electrons. The van der Waals surface area contributed by atoms with Crippen LogP contribution in [0, 0.1) is 11.3 Å². The molecule has 1 amide bonds. The SMILES string of the molecule is N#Cc1cccc(S(=O)(=O)N(CC(=O)Nc2ccc3c(c2)OCCO3)c2ccccc2)c1. The number of nitrogens with one attached hydrogen (secondary N) is 1. The van der Waals surface area contributed by atoms with Crippen LogP contribution in [-0.2, 0) is 14.8 Å². The fraction of sp³-hybridized carbons (Fsp3) is 0.130. The fourth-order valence-electron chi connectivity index (χ4n) is 3.21. The summed E-state index contributed by atoms with van der Waals surface area (Å²) in [6, 6.07) is 20.9. The molecule has 3 aromatic rings. The normalized spacial score (nSPS) is 12.5. The Morgan fingerprint density at radius 2 is 1.72 bits per heavy atom. The smallest absolute Gasteiger partial charge is 0.264 e. The zero-order chi connectivity index (χ0) is 22.6. The van der Waals surface area contributed by atoms with E-state index in [-0.39, 0.29) is 10.5 Å². The van der Waals surface area contributed by atoms with Gasteiger partial charge in [0.25, 0.3) is 10.0 Å². The lowest BCUT2D eigenvalue weighted by Gasteiger charge is -2.24. The van der Waals surface area contributed by atoms with Gasteiger partial charge in [0, 0.05) is 11.8 Å². The minimum atomic E-state index is -4.11. The number of carbonyl (C=O) groups excluding carboxylic acids is 1. The molecule has 1 heterocycles. The maximum Gasteiger partial charge on any atom is 0.264 e. The second kappa shape index (κ2) is 8.99. The van der Waals surface area contributed by atoms with E-state index >= 15 is 0 Å². The molecule has 0 saturated heterocycles. The molecule has 1 aliphatic heterocycles. The first-order chi connectivity index (χ1) is 15.5. The molecular weight excluding hydrogens is 430 g/mol. The third-order valence-electron chi connectivity index (χ3n) is 4.71. The van der Waals surface area contributed by atoms with Gasteiger partial charge in [0.1, 0.15) is 19.8 Å². The standard InChI is InChI=1S/C23H19N3O5S/c24-15-17-5-4-8-20(13-17)32(28,29)26(19-6-2-1-3-7-19)16-23(27)25-18-9-10-21-22(14-18)31-12-11-30-21/h1-10,13-14H,11-12,16H2,(H,25,27). The van der Waals surface area contributed by atoms with Crippen LogP contribution in [0.1, 0.15) is 5.56 Å². The van der Waals surface area contributed by atoms with Gasteiger partial charge >= 0.3 is 0 Å². The summed E-state index contributed by atoms with van der Waals surface area (Å²) in [5.41, 5.74) is 0.989. The van der Waals surface area contributed by atoms with E-state index in [4.69, 9.17) is 14.7 Å². The number of para-hydroxylation sites is 1. The summed E-state index contributed by atoms with van der Waals surface area (Å²) >= 11 is 0. The Labute approximate surface area is 185 Å². The maximum atomic E-state index is 13.4. The van der Waals surface area contributed by atoms with E-state index in [0.717, 1.165) is 4.31 Å². The Bertz CT molecular complexity index is 1290. The predicted octanol–water partition coefficient (Wildman–Crippen LogP) is 3.16. The van der Waals surface area contributed by atoms with Crippen molar-refractivity contribution in [2.45, 2.75) is 4.90 Å². The number of rotatable bonds is 6. The number of carbonyl (C=O) groups is 1. The minimum Gasteiger partial charge on any atom is -0.486 e. The average molecular weight is 449 g/mol. The van der Waals surface area contributed by atoms with Crippen molar-refractivity contribution in [1.82, 2.24) is 0 Å². The summed E-state index contributed by atoms with van der Waals surface area (Å²) in [4.78, 5) is 12.7. The van der Waals surface area contributed by atoms with Crippen LogP contribution < -0.4 is 19.1 Å². The van der Waals surface area contributed by atoms with Crippen molar-refractivity contribution in [2.24, 2.45) is 0 Å². The molecule has 0 aromatic heterocycles. The van der Waals surface area contributed by atoms with E-state index in [0.29, 0.717) is 36.1 Å². The van der Waals surface area contributed by atoms with Crippen LogP contribution in [0.4, 0.5) is 11.4 Å². The van der Waals surface area contributed by atoms with Crippen LogP contribution in [0.2, 0.25) is 0 Å². The Morgan fingerprint density at radius 3 is 2.47 bits per heavy atom. The number of anilines is 2. The molecule has 0 fully saturated rings. The van der Waals surface area contributed by atoms with Crippen molar-refractivity contribution in [3.8, 4) is 17.6 Å². The number of nitriles is 1. The number of ether oxygens (including phenoxy) is 2. The van der Waals surface area contributed by atoms with Crippen molar-refractivity contribution in [3.63, 3.8) is 0 Å². The lowest BCUT2D eigenvalue weighted by atomic mass is 10.2. The van der Waals surface area contributed by atoms with Crippen LogP contribution in [0.3, 0.4) is 0 Å². The quantitative estimate of drug-likeness (QED) is 0.619. The number of hydrogen-bond acceptors (Lipinski definition) is 6. The van der Waals surface area contributed by atoms with Crippen molar-refractivity contribution in [2.75, 3.05) is 29.4 Å². The van der Waals surface area contributed by atoms with Crippen molar-refractivity contribution in [3.05, 3.63) is 78.4 Å². The van der Waals surface area contributed by atoms with Gasteiger partial charge in [0.05, 0.1) is 22.2 Å². The highest BCUT2D eigenvalue weighted by atomic mass is 32.2. The monoisotopic (exact) mass is 449 g/mol. The first kappa shape index (κ1) is 21.2. The van der Waals surface area contributed by atoms with Gasteiger partial charge in [-0.3, -0.25) is 9.10 Å². The molecule has 0 radical (unpaired) electrons. The van der Waals surface area contributed by atoms with Crippen LogP contribution in [0.5, 0.6) is 11.5 Å². The number of amides is 1. The van der Waals surface area contributed by atoms with Gasteiger partial charge in [-0.05, 0) is 42.5 Å². The van der Waals surface area contributed by atoms with Crippen molar-refractivity contribution in [1.29, 1.82) is 5.26 Å². The Kier molecular flexibility index (Phi) is 5.96. The van der Waals surface area contributed by atoms with Gasteiger partial charge in [-0.1, -0.05) is 24.3 Å². The first-order valence-corrected chi connectivity index (χ1v) is 11.2. The molecular formula is C23H19N3O5S. The zero-order valence-electron chi connectivity index (χ0n) is 16.9. The zero-order valence-corrected chi connectivity index (χ0v) is 17.7. The molecule has 3 aromatic carbocycles. The molecule has 0 unspecified atom stereocenters. The maximum absolute atomic E-state index is 13.4. The Morgan fingerprint density at radius 1 is 0.969 bits per heavy atom. The average Bonchev–Trinajstić information content (AvgIpc) is 2.83. The summed E-state index contributed by atoms with van der Waals surface area (Å²) in [5, 5.41) is 11.8. The van der Waals surface area contributed by atoms with Crippen LogP contribution in [-0.4, -0.2) is 34.1 Å². The third kappa shape index (κ3) is 4.50. The summed E-state index contributed by atoms with van der Waals surface area (Å²) in [6.45, 7) is 0.402. The van der Waals surface area contributed by atoms with Gasteiger partial charge in [-0.25, -0.2) is 8.42 Å². The van der Waals surface area contributed by atoms with E-state index in [1.54, 1.807) is 48.5 Å². The molecule has 32 heavy (non-hydrogen) atoms. The van der Waals surface area contributed by atoms with E-state index in [1.165, 1.54) is 24.3 Å². The molecule has 0 aliphatic carbocycles. The number of benzene rings is 3. The fourth-order valence-corrected chi connectivity index (χ4v) is 4.68. The number of sulfonamides is 1. The van der Waals surface area contributed by atoms with Gasteiger partial charge in [0.2, 0.25) is 5.91 Å². The van der Waals surface area contributed by atoms with E-state index in [9.17, 15) is 13.2 Å². The minimum absolute atomic E-state index is 0.0764. The molecule has 0 spiro atoms. The lowest BCUT2D eigenvalue weighted by molar-refractivity contribution is -0.114. The highest BCUT2D eigenvalue weighted by molar-refractivity contribution is 7.92. The van der Waals surface area contributed by atoms with Crippen molar-refractivity contribution >= 4 is 27.3 Å². The summed E-state index contributed by atoms with van der Waals surface area (Å²) in [7, 11) is -4.11. The summed E-state index contributed by atoms with van der Waals surface area (Å²) in [6.07, 6.45) is 0. The number of nitrogens with zero attached hydrogens (tertiary/aromatic N) is 2. The second-order valence-corrected chi connectivity index (χ2v) is 8.76. The van der Waals surface area contributed by atoms with E-state index < -0.39 is 22.5 Å². The van der Waals surface area contributed by atoms with E-state index in [1.807, 2.05) is 6.07 Å². The second-order valence-electron chi connectivity index (χ2n) is 6.89. The van der Waals surface area contributed by atoms with Gasteiger partial charge < -0.3 is 14.8 Å². The van der Waals surface area contributed by atoms with E-state index in [2.05, 4.69) is 5.32 Å². The van der Waals surface area contributed by atoms with Crippen LogP contribution in [0.25, 0.3) is 0 Å². The number of hydrogen-bond donors (Lipinski definition) is 1. The molecule has 0 bridgehead atoms. The topological polar surface area (TPSA) is 109 Å². The first-order valence-electron chi connectivity index (χ1n) is 9.75. The Hall–Kier alpha value is -4.03.